The smallest absolute Gasteiger partial charge is 0.0522 e. The van der Waals surface area contributed by atoms with E-state index in [1.807, 2.05) is 11.3 Å². The highest BCUT2D eigenvalue weighted by Gasteiger charge is 2.11. The minimum atomic E-state index is 0.681. The van der Waals surface area contributed by atoms with Crippen molar-refractivity contribution >= 4 is 33.0 Å². The quantitative estimate of drug-likeness (QED) is 0.861. The molecule has 0 atom stereocenters. The van der Waals surface area contributed by atoms with Gasteiger partial charge in [0.25, 0.3) is 0 Å². The lowest BCUT2D eigenvalue weighted by Gasteiger charge is -2.25. The van der Waals surface area contributed by atoms with Crippen molar-refractivity contribution in [2.45, 2.75) is 19.9 Å². The number of nitrogens with zero attached hydrogens (tertiary/aromatic N) is 1. The monoisotopic (exact) mass is 338 g/mol. The van der Waals surface area contributed by atoms with Crippen LogP contribution in [0.1, 0.15) is 17.4 Å². The van der Waals surface area contributed by atoms with Crippen molar-refractivity contribution in [2.75, 3.05) is 18.0 Å². The zero-order valence-corrected chi connectivity index (χ0v) is 13.5. The van der Waals surface area contributed by atoms with E-state index in [1.165, 1.54) is 16.1 Å². The first-order valence-electron chi connectivity index (χ1n) is 6.50. The molecule has 2 N–H and O–H groups in total. The summed E-state index contributed by atoms with van der Waals surface area (Å²) >= 11 is 5.35. The minimum absolute atomic E-state index is 0.681. The van der Waals surface area contributed by atoms with Crippen LogP contribution in [0, 0.1) is 0 Å². The first-order valence-corrected chi connectivity index (χ1v) is 8.17. The number of anilines is 1. The summed E-state index contributed by atoms with van der Waals surface area (Å²) in [6.07, 6.45) is 0.912. The van der Waals surface area contributed by atoms with Gasteiger partial charge in [-0.05, 0) is 55.1 Å². The Labute approximate surface area is 127 Å². The number of nitrogens with two attached hydrogens (primary N) is 1. The van der Waals surface area contributed by atoms with Gasteiger partial charge in [0.15, 0.2) is 0 Å². The lowest BCUT2D eigenvalue weighted by molar-refractivity contribution is 0.827. The first kappa shape index (κ1) is 14.6. The van der Waals surface area contributed by atoms with Gasteiger partial charge in [0, 0.05) is 21.6 Å². The molecule has 2 nitrogen and oxygen atoms in total. The second-order valence-electron chi connectivity index (χ2n) is 4.41. The van der Waals surface area contributed by atoms with Gasteiger partial charge in [-0.25, -0.2) is 0 Å². The van der Waals surface area contributed by atoms with E-state index in [1.54, 1.807) is 0 Å². The molecule has 2 rings (SSSR count). The summed E-state index contributed by atoms with van der Waals surface area (Å²) in [5.41, 5.74) is 8.34. The third-order valence-corrected chi connectivity index (χ3v) is 4.46. The molecule has 0 amide bonds. The molecule has 0 aliphatic heterocycles. The normalized spacial score (nSPS) is 10.7. The average Bonchev–Trinajstić information content (AvgIpc) is 2.90. The van der Waals surface area contributed by atoms with Crippen LogP contribution in [0.2, 0.25) is 0 Å². The van der Waals surface area contributed by atoms with E-state index in [4.69, 9.17) is 5.73 Å². The molecular weight excluding hydrogens is 320 g/mol. The van der Waals surface area contributed by atoms with Gasteiger partial charge in [0.1, 0.15) is 0 Å². The fourth-order valence-electron chi connectivity index (χ4n) is 2.18. The average molecular weight is 339 g/mol. The predicted molar refractivity (Wildman–Crippen MR) is 87.9 cm³/mol. The molecule has 0 radical (unpaired) electrons. The molecule has 0 bridgehead atoms. The van der Waals surface area contributed by atoms with E-state index in [9.17, 15) is 0 Å². The third-order valence-electron chi connectivity index (χ3n) is 3.10. The van der Waals surface area contributed by atoms with Crippen LogP contribution in [0.25, 0.3) is 0 Å². The molecule has 19 heavy (non-hydrogen) atoms. The molecule has 0 fully saturated rings. The minimum Gasteiger partial charge on any atom is -0.366 e. The maximum absolute atomic E-state index is 5.73. The predicted octanol–water partition coefficient (Wildman–Crippen LogP) is 4.04. The Kier molecular flexibility index (Phi) is 5.43. The molecule has 1 heterocycles. The summed E-state index contributed by atoms with van der Waals surface area (Å²) in [6.45, 7) is 4.84. The Morgan fingerprint density at radius 1 is 1.32 bits per heavy atom. The fourth-order valence-corrected chi connectivity index (χ4v) is 3.30. The van der Waals surface area contributed by atoms with E-state index in [0.717, 1.165) is 24.0 Å². The highest BCUT2D eigenvalue weighted by atomic mass is 79.9. The van der Waals surface area contributed by atoms with Crippen LogP contribution in [0.3, 0.4) is 0 Å². The number of hydrogen-bond donors (Lipinski definition) is 1. The molecule has 0 aliphatic carbocycles. The zero-order valence-electron chi connectivity index (χ0n) is 11.1. The van der Waals surface area contributed by atoms with E-state index in [0.29, 0.717) is 6.54 Å². The maximum Gasteiger partial charge on any atom is 0.0522 e. The third kappa shape index (κ3) is 3.81. The number of hydrogen-bond acceptors (Lipinski definition) is 3. The molecule has 1 aromatic carbocycles. The molecule has 102 valence electrons. The molecule has 4 heteroatoms. The van der Waals surface area contributed by atoms with E-state index >= 15 is 0 Å². The Hall–Kier alpha value is -0.840. The van der Waals surface area contributed by atoms with Gasteiger partial charge in [-0.15, -0.1) is 11.3 Å². The summed E-state index contributed by atoms with van der Waals surface area (Å²) in [4.78, 5) is 3.80. The van der Waals surface area contributed by atoms with Crippen LogP contribution in [0.4, 0.5) is 5.69 Å². The van der Waals surface area contributed by atoms with Crippen LogP contribution < -0.4 is 10.6 Å². The van der Waals surface area contributed by atoms with Crippen LogP contribution in [-0.4, -0.2) is 13.1 Å². The molecule has 0 spiro atoms. The molecule has 0 unspecified atom stereocenters. The van der Waals surface area contributed by atoms with Gasteiger partial charge < -0.3 is 10.6 Å². The molecule has 0 aliphatic rings. The SMILES string of the molecule is CCN(Cc1cccs1)c1ccc(Br)cc1CCN. The van der Waals surface area contributed by atoms with E-state index < -0.39 is 0 Å². The van der Waals surface area contributed by atoms with Crippen LogP contribution in [-0.2, 0) is 13.0 Å². The van der Waals surface area contributed by atoms with Crippen molar-refractivity contribution in [1.82, 2.24) is 0 Å². The Morgan fingerprint density at radius 2 is 2.16 bits per heavy atom. The van der Waals surface area contributed by atoms with Crippen molar-refractivity contribution in [3.05, 3.63) is 50.6 Å². The number of thiophene rings is 1. The summed E-state index contributed by atoms with van der Waals surface area (Å²) in [6, 6.07) is 10.8. The lowest BCUT2D eigenvalue weighted by Crippen LogP contribution is -2.23. The number of rotatable bonds is 6. The van der Waals surface area contributed by atoms with Crippen molar-refractivity contribution in [2.24, 2.45) is 5.73 Å². The largest absolute Gasteiger partial charge is 0.366 e. The molecule has 0 saturated carbocycles. The second-order valence-corrected chi connectivity index (χ2v) is 6.35. The van der Waals surface area contributed by atoms with Crippen LogP contribution in [0.5, 0.6) is 0 Å². The van der Waals surface area contributed by atoms with Crippen molar-refractivity contribution < 1.29 is 0 Å². The Morgan fingerprint density at radius 3 is 2.79 bits per heavy atom. The molecular formula is C15H19BrN2S. The highest BCUT2D eigenvalue weighted by Crippen LogP contribution is 2.27. The summed E-state index contributed by atoms with van der Waals surface area (Å²) < 4.78 is 1.12. The standard InChI is InChI=1S/C15H19BrN2S/c1-2-18(11-14-4-3-9-19-14)15-6-5-13(16)10-12(15)7-8-17/h3-6,9-10H,2,7-8,11,17H2,1H3. The number of halogens is 1. The summed E-state index contributed by atoms with van der Waals surface area (Å²) in [7, 11) is 0. The highest BCUT2D eigenvalue weighted by molar-refractivity contribution is 9.10. The van der Waals surface area contributed by atoms with Crippen molar-refractivity contribution in [3.63, 3.8) is 0 Å². The topological polar surface area (TPSA) is 29.3 Å². The van der Waals surface area contributed by atoms with Gasteiger partial charge in [-0.1, -0.05) is 22.0 Å². The summed E-state index contributed by atoms with van der Waals surface area (Å²) in [5.74, 6) is 0. The van der Waals surface area contributed by atoms with Gasteiger partial charge in [-0.2, -0.15) is 0 Å². The number of benzene rings is 1. The molecule has 1 aromatic heterocycles. The van der Waals surface area contributed by atoms with Gasteiger partial charge >= 0.3 is 0 Å². The zero-order chi connectivity index (χ0) is 13.7. The molecule has 2 aromatic rings. The van der Waals surface area contributed by atoms with Crippen molar-refractivity contribution in [3.8, 4) is 0 Å². The maximum atomic E-state index is 5.73. The molecule has 0 saturated heterocycles. The van der Waals surface area contributed by atoms with Gasteiger partial charge in [-0.3, -0.25) is 0 Å². The fraction of sp³-hybridized carbons (Fsp3) is 0.333. The second kappa shape index (κ2) is 7.08. The Bertz CT molecular complexity index is 511. The summed E-state index contributed by atoms with van der Waals surface area (Å²) in [5, 5.41) is 2.13. The Balaban J connectivity index is 2.26. The van der Waals surface area contributed by atoms with Crippen molar-refractivity contribution in [1.29, 1.82) is 0 Å². The van der Waals surface area contributed by atoms with Crippen LogP contribution >= 0.6 is 27.3 Å². The lowest BCUT2D eigenvalue weighted by atomic mass is 10.1. The van der Waals surface area contributed by atoms with Gasteiger partial charge in [0.2, 0.25) is 0 Å². The first-order chi connectivity index (χ1) is 9.24. The van der Waals surface area contributed by atoms with Crippen LogP contribution in [0.15, 0.2) is 40.2 Å². The van der Waals surface area contributed by atoms with Gasteiger partial charge in [0.05, 0.1) is 6.54 Å². The van der Waals surface area contributed by atoms with E-state index in [-0.39, 0.29) is 0 Å². The van der Waals surface area contributed by atoms with E-state index in [2.05, 4.69) is 63.5 Å².